The van der Waals surface area contributed by atoms with Crippen LogP contribution >= 0.6 is 0 Å². The van der Waals surface area contributed by atoms with E-state index in [0.29, 0.717) is 11.5 Å². The SMILES string of the molecule is O=C(O)N1Cc2cc(C3CCN(Cc4cccc(Nc5ccccn5)c4)CC3)ccc2C1=O. The van der Waals surface area contributed by atoms with E-state index in [1.807, 2.05) is 30.3 Å². The molecule has 2 aromatic carbocycles. The van der Waals surface area contributed by atoms with Gasteiger partial charge in [-0.2, -0.15) is 0 Å². The number of carbonyl (C=O) groups is 2. The third-order valence-electron chi connectivity index (χ3n) is 6.49. The molecule has 0 atom stereocenters. The van der Waals surface area contributed by atoms with E-state index in [1.165, 1.54) is 11.1 Å². The van der Waals surface area contributed by atoms with Gasteiger partial charge in [0.15, 0.2) is 0 Å². The number of carboxylic acid groups (broad SMARTS) is 1. The number of amides is 2. The molecular formula is C26H26N4O3. The van der Waals surface area contributed by atoms with E-state index in [4.69, 9.17) is 0 Å². The molecule has 0 bridgehead atoms. The summed E-state index contributed by atoms with van der Waals surface area (Å²) in [6.45, 7) is 3.05. The first-order chi connectivity index (χ1) is 16.1. The number of nitrogens with one attached hydrogen (secondary N) is 1. The molecule has 1 fully saturated rings. The van der Waals surface area contributed by atoms with Gasteiger partial charge in [0.2, 0.25) is 0 Å². The number of fused-ring (bicyclic) bond motifs is 1. The highest BCUT2D eigenvalue weighted by atomic mass is 16.4. The Hall–Kier alpha value is -3.71. The quantitative estimate of drug-likeness (QED) is 0.588. The van der Waals surface area contributed by atoms with Gasteiger partial charge in [-0.1, -0.05) is 30.3 Å². The van der Waals surface area contributed by atoms with E-state index < -0.39 is 12.0 Å². The predicted molar refractivity (Wildman–Crippen MR) is 126 cm³/mol. The highest BCUT2D eigenvalue weighted by Gasteiger charge is 2.32. The molecule has 2 N–H and O–H groups in total. The van der Waals surface area contributed by atoms with Gasteiger partial charge in [0.25, 0.3) is 5.91 Å². The second-order valence-corrected chi connectivity index (χ2v) is 8.68. The zero-order chi connectivity index (χ0) is 22.8. The lowest BCUT2D eigenvalue weighted by atomic mass is 9.87. The number of likely N-dealkylation sites (tertiary alicyclic amines) is 1. The monoisotopic (exact) mass is 442 g/mol. The molecule has 0 saturated carbocycles. The largest absolute Gasteiger partial charge is 0.465 e. The van der Waals surface area contributed by atoms with Crippen molar-refractivity contribution in [3.63, 3.8) is 0 Å². The van der Waals surface area contributed by atoms with Gasteiger partial charge >= 0.3 is 6.09 Å². The number of aromatic nitrogens is 1. The molecule has 0 aliphatic carbocycles. The maximum Gasteiger partial charge on any atom is 0.414 e. The topological polar surface area (TPSA) is 85.8 Å². The zero-order valence-corrected chi connectivity index (χ0v) is 18.3. The van der Waals surface area contributed by atoms with Crippen molar-refractivity contribution in [3.8, 4) is 0 Å². The van der Waals surface area contributed by atoms with Crippen LogP contribution in [0.1, 0.15) is 45.8 Å². The molecule has 3 aromatic rings. The first-order valence-electron chi connectivity index (χ1n) is 11.2. The van der Waals surface area contributed by atoms with Crippen molar-refractivity contribution in [3.05, 3.63) is 89.1 Å². The van der Waals surface area contributed by atoms with Crippen molar-refractivity contribution >= 4 is 23.5 Å². The summed E-state index contributed by atoms with van der Waals surface area (Å²) >= 11 is 0. The Balaban J connectivity index is 1.19. The maximum atomic E-state index is 12.2. The summed E-state index contributed by atoms with van der Waals surface area (Å²) in [6, 6.07) is 20.1. The van der Waals surface area contributed by atoms with E-state index in [2.05, 4.69) is 39.5 Å². The summed E-state index contributed by atoms with van der Waals surface area (Å²) < 4.78 is 0. The van der Waals surface area contributed by atoms with E-state index in [9.17, 15) is 14.7 Å². The van der Waals surface area contributed by atoms with E-state index in [-0.39, 0.29) is 6.54 Å². The fourth-order valence-electron chi connectivity index (χ4n) is 4.76. The van der Waals surface area contributed by atoms with Gasteiger partial charge in [0.1, 0.15) is 5.82 Å². The summed E-state index contributed by atoms with van der Waals surface area (Å²) in [5.74, 6) is 0.842. The number of benzene rings is 2. The van der Waals surface area contributed by atoms with Crippen LogP contribution < -0.4 is 5.32 Å². The average molecular weight is 443 g/mol. The number of hydrogen-bond acceptors (Lipinski definition) is 5. The van der Waals surface area contributed by atoms with Gasteiger partial charge in [-0.3, -0.25) is 9.69 Å². The maximum absolute atomic E-state index is 12.2. The highest BCUT2D eigenvalue weighted by Crippen LogP contribution is 2.32. The molecule has 7 nitrogen and oxygen atoms in total. The summed E-state index contributed by atoms with van der Waals surface area (Å²) in [5.41, 5.74) is 4.83. The van der Waals surface area contributed by atoms with E-state index in [1.54, 1.807) is 12.3 Å². The number of carbonyl (C=O) groups excluding carboxylic acids is 1. The Morgan fingerprint density at radius 2 is 1.91 bits per heavy atom. The van der Waals surface area contributed by atoms with Gasteiger partial charge in [-0.25, -0.2) is 14.7 Å². The molecule has 168 valence electrons. The van der Waals surface area contributed by atoms with Crippen LogP contribution in [0.2, 0.25) is 0 Å². The molecular weight excluding hydrogens is 416 g/mol. The minimum atomic E-state index is -1.19. The number of piperidine rings is 1. The molecule has 5 rings (SSSR count). The Labute approximate surface area is 192 Å². The zero-order valence-electron chi connectivity index (χ0n) is 18.3. The molecule has 33 heavy (non-hydrogen) atoms. The van der Waals surface area contributed by atoms with Crippen molar-refractivity contribution in [2.75, 3.05) is 18.4 Å². The molecule has 2 aliphatic rings. The number of anilines is 2. The lowest BCUT2D eigenvalue weighted by Crippen LogP contribution is -2.32. The van der Waals surface area contributed by atoms with Crippen LogP contribution in [0.5, 0.6) is 0 Å². The molecule has 2 amide bonds. The van der Waals surface area contributed by atoms with Crippen LogP contribution in [0.4, 0.5) is 16.3 Å². The van der Waals surface area contributed by atoms with Crippen LogP contribution in [0.15, 0.2) is 66.9 Å². The summed E-state index contributed by atoms with van der Waals surface area (Å²) in [4.78, 5) is 31.1. The Morgan fingerprint density at radius 3 is 2.67 bits per heavy atom. The van der Waals surface area contributed by atoms with Crippen LogP contribution in [-0.4, -0.2) is 45.0 Å². The molecule has 7 heteroatoms. The van der Waals surface area contributed by atoms with Crippen molar-refractivity contribution in [2.24, 2.45) is 0 Å². The van der Waals surface area contributed by atoms with E-state index >= 15 is 0 Å². The second kappa shape index (κ2) is 9.03. The van der Waals surface area contributed by atoms with Crippen LogP contribution in [0, 0.1) is 0 Å². The number of hydrogen-bond donors (Lipinski definition) is 2. The van der Waals surface area contributed by atoms with Gasteiger partial charge in [0.05, 0.1) is 6.54 Å². The standard InChI is InChI=1S/C26H26N4O3/c31-25-23-8-7-20(15-21(23)17-30(25)26(32)33)19-9-12-29(13-10-19)16-18-4-3-5-22(14-18)28-24-6-1-2-11-27-24/h1-8,11,14-15,19H,9-10,12-13,16-17H2,(H,27,28)(H,32,33). The lowest BCUT2D eigenvalue weighted by Gasteiger charge is -2.32. The fourth-order valence-corrected chi connectivity index (χ4v) is 4.76. The third-order valence-corrected chi connectivity index (χ3v) is 6.49. The predicted octanol–water partition coefficient (Wildman–Crippen LogP) is 4.84. The highest BCUT2D eigenvalue weighted by molar-refractivity contribution is 6.06. The number of nitrogens with zero attached hydrogens (tertiary/aromatic N) is 3. The number of imide groups is 1. The van der Waals surface area contributed by atoms with Gasteiger partial charge < -0.3 is 10.4 Å². The molecule has 1 aromatic heterocycles. The number of rotatable bonds is 5. The Morgan fingerprint density at radius 1 is 1.06 bits per heavy atom. The molecule has 0 spiro atoms. The minimum absolute atomic E-state index is 0.152. The van der Waals surface area contributed by atoms with Gasteiger partial charge in [0, 0.05) is 24.0 Å². The summed E-state index contributed by atoms with van der Waals surface area (Å²) in [7, 11) is 0. The Bertz CT molecular complexity index is 1170. The Kier molecular flexibility index (Phi) is 5.79. The average Bonchev–Trinajstić information content (AvgIpc) is 3.17. The van der Waals surface area contributed by atoms with Crippen molar-refractivity contribution in [1.82, 2.24) is 14.8 Å². The van der Waals surface area contributed by atoms with Gasteiger partial charge in [-0.15, -0.1) is 0 Å². The third kappa shape index (κ3) is 4.59. The first-order valence-corrected chi connectivity index (χ1v) is 11.2. The van der Waals surface area contributed by atoms with Crippen LogP contribution in [0.3, 0.4) is 0 Å². The van der Waals surface area contributed by atoms with E-state index in [0.717, 1.165) is 54.4 Å². The minimum Gasteiger partial charge on any atom is -0.465 e. The summed E-state index contributed by atoms with van der Waals surface area (Å²) in [6.07, 6.45) is 2.67. The molecule has 3 heterocycles. The van der Waals surface area contributed by atoms with Crippen molar-refractivity contribution in [2.45, 2.75) is 31.8 Å². The first kappa shape index (κ1) is 21.2. The van der Waals surface area contributed by atoms with Crippen molar-refractivity contribution in [1.29, 1.82) is 0 Å². The molecule has 0 unspecified atom stereocenters. The van der Waals surface area contributed by atoms with Crippen LogP contribution in [-0.2, 0) is 13.1 Å². The smallest absolute Gasteiger partial charge is 0.414 e. The lowest BCUT2D eigenvalue weighted by molar-refractivity contribution is 0.0763. The summed E-state index contributed by atoms with van der Waals surface area (Å²) in [5, 5.41) is 12.6. The van der Waals surface area contributed by atoms with Gasteiger partial charge in [-0.05, 0) is 78.9 Å². The molecule has 0 radical (unpaired) electrons. The number of pyridine rings is 1. The fraction of sp³-hybridized carbons (Fsp3) is 0.269. The molecule has 1 saturated heterocycles. The second-order valence-electron chi connectivity index (χ2n) is 8.68. The van der Waals surface area contributed by atoms with Crippen molar-refractivity contribution < 1.29 is 14.7 Å². The normalized spacial score (nSPS) is 16.6. The van der Waals surface area contributed by atoms with Crippen LogP contribution in [0.25, 0.3) is 0 Å². The molecule has 2 aliphatic heterocycles.